The van der Waals surface area contributed by atoms with Crippen LogP contribution in [0.5, 0.6) is 0 Å². The fourth-order valence-electron chi connectivity index (χ4n) is 3.04. The molecule has 1 aromatic heterocycles. The van der Waals surface area contributed by atoms with Crippen LogP contribution in [0.15, 0.2) is 67.0 Å². The molecule has 0 aliphatic carbocycles. The van der Waals surface area contributed by atoms with Gasteiger partial charge in [-0.3, -0.25) is 0 Å². The van der Waals surface area contributed by atoms with Gasteiger partial charge in [0, 0.05) is 36.6 Å². The van der Waals surface area contributed by atoms with Gasteiger partial charge in [-0.25, -0.2) is 9.97 Å². The van der Waals surface area contributed by atoms with Crippen LogP contribution in [0.1, 0.15) is 32.4 Å². The lowest BCUT2D eigenvalue weighted by Gasteiger charge is -2.21. The smallest absolute Gasteiger partial charge is 0.135 e. The summed E-state index contributed by atoms with van der Waals surface area (Å²) < 4.78 is 0. The summed E-state index contributed by atoms with van der Waals surface area (Å²) in [6.45, 7) is 8.47. The first-order chi connectivity index (χ1) is 13.2. The molecule has 2 N–H and O–H groups in total. The van der Waals surface area contributed by atoms with Gasteiger partial charge in [-0.05, 0) is 50.6 Å². The Balaban J connectivity index is 1.67. The maximum absolute atomic E-state index is 4.34. The molecule has 0 saturated carbocycles. The van der Waals surface area contributed by atoms with E-state index in [0.717, 1.165) is 30.4 Å². The highest BCUT2D eigenvalue weighted by Crippen LogP contribution is 2.22. The van der Waals surface area contributed by atoms with Crippen LogP contribution in [-0.2, 0) is 0 Å². The normalized spacial score (nSPS) is 11.7. The molecule has 0 fully saturated rings. The Morgan fingerprint density at radius 3 is 2.22 bits per heavy atom. The van der Waals surface area contributed by atoms with Crippen molar-refractivity contribution in [2.24, 2.45) is 0 Å². The summed E-state index contributed by atoms with van der Waals surface area (Å²) in [6, 6.07) is 20.8. The van der Waals surface area contributed by atoms with Crippen LogP contribution < -0.4 is 15.5 Å². The first-order valence-corrected chi connectivity index (χ1v) is 9.45. The van der Waals surface area contributed by atoms with E-state index in [1.165, 1.54) is 11.3 Å². The molecule has 140 valence electrons. The molecular weight excluding hydrogens is 334 g/mol. The van der Waals surface area contributed by atoms with Crippen molar-refractivity contribution in [1.29, 1.82) is 0 Å². The van der Waals surface area contributed by atoms with Gasteiger partial charge >= 0.3 is 0 Å². The van der Waals surface area contributed by atoms with E-state index in [1.807, 2.05) is 24.3 Å². The van der Waals surface area contributed by atoms with Gasteiger partial charge in [-0.2, -0.15) is 0 Å². The van der Waals surface area contributed by atoms with Crippen LogP contribution in [0.4, 0.5) is 23.0 Å². The third-order valence-electron chi connectivity index (χ3n) is 4.60. The molecule has 2 aromatic carbocycles. The van der Waals surface area contributed by atoms with Crippen LogP contribution in [0.3, 0.4) is 0 Å². The number of aromatic nitrogens is 2. The van der Waals surface area contributed by atoms with Crippen molar-refractivity contribution >= 4 is 23.0 Å². The molecular formula is C22H27N5. The lowest BCUT2D eigenvalue weighted by atomic mass is 10.1. The van der Waals surface area contributed by atoms with Gasteiger partial charge in [0.25, 0.3) is 0 Å². The summed E-state index contributed by atoms with van der Waals surface area (Å²) >= 11 is 0. The molecule has 0 bridgehead atoms. The van der Waals surface area contributed by atoms with Crippen molar-refractivity contribution < 1.29 is 0 Å². The number of benzene rings is 2. The standard InChI is InChI=1S/C22H27N5/c1-4-27(5-2)20-13-11-19(12-14-20)26-22-15-21(23-16-24-22)25-17(3)18-9-7-6-8-10-18/h6-17H,4-5H2,1-3H3,(H2,23,24,25,26). The summed E-state index contributed by atoms with van der Waals surface area (Å²) in [5.41, 5.74) is 3.46. The molecule has 0 radical (unpaired) electrons. The van der Waals surface area contributed by atoms with Gasteiger partial charge in [0.1, 0.15) is 18.0 Å². The van der Waals surface area contributed by atoms with Gasteiger partial charge in [0.15, 0.2) is 0 Å². The molecule has 1 unspecified atom stereocenters. The molecule has 0 aliphatic heterocycles. The minimum absolute atomic E-state index is 0.169. The SMILES string of the molecule is CCN(CC)c1ccc(Nc2cc(NC(C)c3ccccc3)ncn2)cc1. The molecule has 1 atom stereocenters. The van der Waals surface area contributed by atoms with Crippen molar-refractivity contribution in [3.05, 3.63) is 72.6 Å². The van der Waals surface area contributed by atoms with Crippen LogP contribution in [0, 0.1) is 0 Å². The Kier molecular flexibility index (Phi) is 6.26. The highest BCUT2D eigenvalue weighted by molar-refractivity contribution is 5.62. The lowest BCUT2D eigenvalue weighted by molar-refractivity contribution is 0.866. The summed E-state index contributed by atoms with van der Waals surface area (Å²) in [7, 11) is 0. The Hall–Kier alpha value is -3.08. The second-order valence-corrected chi connectivity index (χ2v) is 6.41. The maximum Gasteiger partial charge on any atom is 0.135 e. The third kappa shape index (κ3) is 4.97. The first kappa shape index (κ1) is 18.7. The second-order valence-electron chi connectivity index (χ2n) is 6.41. The number of rotatable bonds is 8. The van der Waals surface area contributed by atoms with Crippen molar-refractivity contribution in [1.82, 2.24) is 9.97 Å². The van der Waals surface area contributed by atoms with Crippen molar-refractivity contribution in [2.75, 3.05) is 28.6 Å². The third-order valence-corrected chi connectivity index (χ3v) is 4.60. The minimum atomic E-state index is 0.169. The van der Waals surface area contributed by atoms with E-state index in [-0.39, 0.29) is 6.04 Å². The Bertz CT molecular complexity index is 829. The summed E-state index contributed by atoms with van der Waals surface area (Å²) in [5, 5.41) is 6.78. The highest BCUT2D eigenvalue weighted by atomic mass is 15.1. The molecule has 5 heteroatoms. The quantitative estimate of drug-likeness (QED) is 0.575. The van der Waals surface area contributed by atoms with Gasteiger partial charge in [0.05, 0.1) is 0 Å². The monoisotopic (exact) mass is 361 g/mol. The van der Waals surface area contributed by atoms with E-state index in [1.54, 1.807) is 6.33 Å². The van der Waals surface area contributed by atoms with E-state index in [4.69, 9.17) is 0 Å². The van der Waals surface area contributed by atoms with Crippen molar-refractivity contribution in [2.45, 2.75) is 26.8 Å². The average Bonchev–Trinajstić information content (AvgIpc) is 2.71. The number of hydrogen-bond donors (Lipinski definition) is 2. The fourth-order valence-corrected chi connectivity index (χ4v) is 3.04. The van der Waals surface area contributed by atoms with E-state index >= 15 is 0 Å². The van der Waals surface area contributed by atoms with Gasteiger partial charge < -0.3 is 15.5 Å². The zero-order chi connectivity index (χ0) is 19.1. The number of anilines is 4. The van der Waals surface area contributed by atoms with E-state index in [9.17, 15) is 0 Å². The second kappa shape index (κ2) is 9.03. The molecule has 5 nitrogen and oxygen atoms in total. The molecule has 0 aliphatic rings. The molecule has 27 heavy (non-hydrogen) atoms. The largest absolute Gasteiger partial charge is 0.372 e. The van der Waals surface area contributed by atoms with Crippen LogP contribution in [0.25, 0.3) is 0 Å². The van der Waals surface area contributed by atoms with E-state index in [0.29, 0.717) is 0 Å². The van der Waals surface area contributed by atoms with Gasteiger partial charge in [0.2, 0.25) is 0 Å². The van der Waals surface area contributed by atoms with Crippen LogP contribution >= 0.6 is 0 Å². The Labute approximate surface area is 161 Å². The van der Waals surface area contributed by atoms with Crippen LogP contribution in [-0.4, -0.2) is 23.1 Å². The number of nitrogens with zero attached hydrogens (tertiary/aromatic N) is 3. The summed E-state index contributed by atoms with van der Waals surface area (Å²) in [5.74, 6) is 1.56. The van der Waals surface area contributed by atoms with Gasteiger partial charge in [-0.15, -0.1) is 0 Å². The predicted octanol–water partition coefficient (Wildman–Crippen LogP) is 5.24. The Morgan fingerprint density at radius 2 is 1.56 bits per heavy atom. The first-order valence-electron chi connectivity index (χ1n) is 9.45. The minimum Gasteiger partial charge on any atom is -0.372 e. The highest BCUT2D eigenvalue weighted by Gasteiger charge is 2.07. The molecule has 3 aromatic rings. The fraction of sp³-hybridized carbons (Fsp3) is 0.273. The van der Waals surface area contributed by atoms with E-state index in [2.05, 4.69) is 82.7 Å². The van der Waals surface area contributed by atoms with Crippen LogP contribution in [0.2, 0.25) is 0 Å². The Morgan fingerprint density at radius 1 is 0.889 bits per heavy atom. The molecule has 3 rings (SSSR count). The summed E-state index contributed by atoms with van der Waals surface area (Å²) in [4.78, 5) is 11.0. The number of hydrogen-bond acceptors (Lipinski definition) is 5. The van der Waals surface area contributed by atoms with Crippen molar-refractivity contribution in [3.8, 4) is 0 Å². The van der Waals surface area contributed by atoms with Crippen molar-refractivity contribution in [3.63, 3.8) is 0 Å². The van der Waals surface area contributed by atoms with E-state index < -0.39 is 0 Å². The zero-order valence-corrected chi connectivity index (χ0v) is 16.2. The maximum atomic E-state index is 4.34. The summed E-state index contributed by atoms with van der Waals surface area (Å²) in [6.07, 6.45) is 1.58. The lowest BCUT2D eigenvalue weighted by Crippen LogP contribution is -2.21. The topological polar surface area (TPSA) is 53.1 Å². The number of nitrogens with one attached hydrogen (secondary N) is 2. The zero-order valence-electron chi connectivity index (χ0n) is 16.2. The molecule has 0 amide bonds. The molecule has 1 heterocycles. The molecule has 0 saturated heterocycles. The molecule has 0 spiro atoms. The van der Waals surface area contributed by atoms with Gasteiger partial charge in [-0.1, -0.05) is 30.3 Å². The predicted molar refractivity (Wildman–Crippen MR) is 114 cm³/mol. The average molecular weight is 361 g/mol.